The zero-order chi connectivity index (χ0) is 17.4. The Hall–Kier alpha value is -2.18. The van der Waals surface area contributed by atoms with Crippen LogP contribution in [0.3, 0.4) is 0 Å². The van der Waals surface area contributed by atoms with Gasteiger partial charge in [0.2, 0.25) is 0 Å². The molecule has 2 aliphatic rings. The number of hydrogen-bond acceptors (Lipinski definition) is 4. The Morgan fingerprint density at radius 2 is 2.16 bits per heavy atom. The van der Waals surface area contributed by atoms with Gasteiger partial charge in [-0.2, -0.15) is 5.10 Å². The second-order valence-corrected chi connectivity index (χ2v) is 6.97. The average Bonchev–Trinajstić information content (AvgIpc) is 3.27. The van der Waals surface area contributed by atoms with Gasteiger partial charge in [0.25, 0.3) is 5.91 Å². The van der Waals surface area contributed by atoms with E-state index in [0.29, 0.717) is 5.69 Å². The van der Waals surface area contributed by atoms with Gasteiger partial charge in [-0.25, -0.2) is 0 Å². The third-order valence-electron chi connectivity index (χ3n) is 5.51. The first-order valence-corrected chi connectivity index (χ1v) is 8.94. The van der Waals surface area contributed by atoms with Crippen molar-refractivity contribution in [2.24, 2.45) is 0 Å². The van der Waals surface area contributed by atoms with Crippen molar-refractivity contribution in [3.63, 3.8) is 0 Å². The quantitative estimate of drug-likeness (QED) is 0.889. The van der Waals surface area contributed by atoms with Crippen LogP contribution in [0.5, 0.6) is 0 Å². The maximum Gasteiger partial charge on any atom is 0.271 e. The van der Waals surface area contributed by atoms with Gasteiger partial charge in [-0.15, -0.1) is 0 Å². The summed E-state index contributed by atoms with van der Waals surface area (Å²) in [5, 5.41) is 17.8. The van der Waals surface area contributed by atoms with Crippen LogP contribution in [0.25, 0.3) is 0 Å². The van der Waals surface area contributed by atoms with E-state index in [9.17, 15) is 9.90 Å². The summed E-state index contributed by atoms with van der Waals surface area (Å²) in [7, 11) is 1.61. The molecule has 6 nitrogen and oxygen atoms in total. The topological polar surface area (TPSA) is 70.4 Å². The number of carbonyl (C=O) groups is 1. The number of likely N-dealkylation sites (tertiary alicyclic amines) is 1. The Kier molecular flexibility index (Phi) is 4.31. The van der Waals surface area contributed by atoms with Gasteiger partial charge in [0, 0.05) is 25.8 Å². The molecule has 1 saturated heterocycles. The molecule has 0 spiro atoms. The molecule has 1 aromatic carbocycles. The van der Waals surface area contributed by atoms with E-state index in [2.05, 4.69) is 21.4 Å². The molecule has 3 atom stereocenters. The molecule has 1 aromatic heterocycles. The minimum absolute atomic E-state index is 0.133. The number of aromatic nitrogens is 2. The van der Waals surface area contributed by atoms with Gasteiger partial charge in [-0.05, 0) is 43.0 Å². The van der Waals surface area contributed by atoms with Crippen LogP contribution in [0, 0.1) is 0 Å². The number of amides is 1. The minimum Gasteiger partial charge on any atom is -0.387 e. The highest BCUT2D eigenvalue weighted by Gasteiger charge is 2.37. The predicted molar refractivity (Wildman–Crippen MR) is 94.4 cm³/mol. The molecule has 1 amide bonds. The van der Waals surface area contributed by atoms with Crippen molar-refractivity contribution in [1.82, 2.24) is 20.0 Å². The Morgan fingerprint density at radius 3 is 2.96 bits per heavy atom. The van der Waals surface area contributed by atoms with Crippen molar-refractivity contribution in [2.75, 3.05) is 20.1 Å². The Morgan fingerprint density at radius 1 is 1.32 bits per heavy atom. The number of nitrogens with one attached hydrogen (secondary N) is 1. The largest absolute Gasteiger partial charge is 0.387 e. The minimum atomic E-state index is -0.422. The van der Waals surface area contributed by atoms with E-state index in [1.807, 2.05) is 29.1 Å². The molecule has 0 radical (unpaired) electrons. The maximum atomic E-state index is 11.7. The van der Waals surface area contributed by atoms with E-state index in [0.717, 1.165) is 37.9 Å². The van der Waals surface area contributed by atoms with Gasteiger partial charge < -0.3 is 10.4 Å². The summed E-state index contributed by atoms with van der Waals surface area (Å²) in [5.41, 5.74) is 2.77. The fourth-order valence-electron chi connectivity index (χ4n) is 4.17. The number of benzene rings is 1. The Balaban J connectivity index is 1.49. The Bertz CT molecular complexity index is 772. The second kappa shape index (κ2) is 6.61. The standard InChI is InChI=1S/C19H24N4O2/c1-20-19(25)16-8-10-23(21-16)14-6-4-9-22(12-14)17-11-13-5-2-3-7-15(13)18(17)24/h2-3,5,7-8,10,14,17-18,24H,4,6,9,11-12H2,1H3,(H,20,25)/t14-,17+,18+/m1/s1. The molecule has 1 fully saturated rings. The van der Waals surface area contributed by atoms with Crippen LogP contribution in [-0.2, 0) is 6.42 Å². The lowest BCUT2D eigenvalue weighted by Gasteiger charge is -2.38. The lowest BCUT2D eigenvalue weighted by atomic mass is 10.0. The summed E-state index contributed by atoms with van der Waals surface area (Å²) >= 11 is 0. The van der Waals surface area contributed by atoms with Crippen molar-refractivity contribution in [2.45, 2.75) is 37.5 Å². The van der Waals surface area contributed by atoms with Crippen molar-refractivity contribution < 1.29 is 9.90 Å². The summed E-state index contributed by atoms with van der Waals surface area (Å²) in [6, 6.07) is 10.3. The van der Waals surface area contributed by atoms with Crippen molar-refractivity contribution in [1.29, 1.82) is 0 Å². The van der Waals surface area contributed by atoms with Crippen LogP contribution >= 0.6 is 0 Å². The molecule has 25 heavy (non-hydrogen) atoms. The molecule has 2 heterocycles. The number of piperidine rings is 1. The molecule has 2 N–H and O–H groups in total. The van der Waals surface area contributed by atoms with E-state index >= 15 is 0 Å². The third kappa shape index (κ3) is 2.96. The highest BCUT2D eigenvalue weighted by Crippen LogP contribution is 2.36. The summed E-state index contributed by atoms with van der Waals surface area (Å²) in [6.07, 6.45) is 4.47. The molecule has 6 heteroatoms. The first kappa shape index (κ1) is 16.3. The number of hydrogen-bond donors (Lipinski definition) is 2. The predicted octanol–water partition coefficient (Wildman–Crippen LogP) is 1.54. The van der Waals surface area contributed by atoms with Crippen LogP contribution in [0.15, 0.2) is 36.5 Å². The lowest BCUT2D eigenvalue weighted by Crippen LogP contribution is -2.45. The van der Waals surface area contributed by atoms with Gasteiger partial charge in [-0.3, -0.25) is 14.4 Å². The molecular weight excluding hydrogens is 316 g/mol. The number of fused-ring (bicyclic) bond motifs is 1. The van der Waals surface area contributed by atoms with Crippen LogP contribution in [-0.4, -0.2) is 51.9 Å². The van der Waals surface area contributed by atoms with E-state index in [4.69, 9.17) is 0 Å². The summed E-state index contributed by atoms with van der Waals surface area (Å²) in [6.45, 7) is 1.85. The number of aliphatic hydroxyl groups excluding tert-OH is 1. The van der Waals surface area contributed by atoms with Crippen molar-refractivity contribution in [3.05, 3.63) is 53.3 Å². The number of nitrogens with zero attached hydrogens (tertiary/aromatic N) is 3. The zero-order valence-electron chi connectivity index (χ0n) is 14.4. The van der Waals surface area contributed by atoms with E-state index in [-0.39, 0.29) is 18.0 Å². The molecule has 0 saturated carbocycles. The van der Waals surface area contributed by atoms with Gasteiger partial charge in [-0.1, -0.05) is 24.3 Å². The van der Waals surface area contributed by atoms with E-state index in [1.54, 1.807) is 13.1 Å². The van der Waals surface area contributed by atoms with E-state index in [1.165, 1.54) is 5.56 Å². The van der Waals surface area contributed by atoms with Gasteiger partial charge in [0.15, 0.2) is 0 Å². The second-order valence-electron chi connectivity index (χ2n) is 6.97. The lowest BCUT2D eigenvalue weighted by molar-refractivity contribution is 0.0345. The highest BCUT2D eigenvalue weighted by atomic mass is 16.3. The van der Waals surface area contributed by atoms with Crippen molar-refractivity contribution >= 4 is 5.91 Å². The fraction of sp³-hybridized carbons (Fsp3) is 0.474. The summed E-state index contributed by atoms with van der Waals surface area (Å²) in [4.78, 5) is 14.1. The van der Waals surface area contributed by atoms with Gasteiger partial charge in [0.1, 0.15) is 5.69 Å². The fourth-order valence-corrected chi connectivity index (χ4v) is 4.17. The van der Waals surface area contributed by atoms with Crippen LogP contribution in [0.4, 0.5) is 0 Å². The maximum absolute atomic E-state index is 11.7. The van der Waals surface area contributed by atoms with E-state index < -0.39 is 6.10 Å². The van der Waals surface area contributed by atoms with Crippen LogP contribution in [0.2, 0.25) is 0 Å². The smallest absolute Gasteiger partial charge is 0.271 e. The molecular formula is C19H24N4O2. The Labute approximate surface area is 147 Å². The number of aliphatic hydroxyl groups is 1. The van der Waals surface area contributed by atoms with Crippen LogP contribution in [0.1, 0.15) is 46.6 Å². The molecule has 0 bridgehead atoms. The first-order valence-electron chi connectivity index (χ1n) is 8.94. The van der Waals surface area contributed by atoms with Gasteiger partial charge in [0.05, 0.1) is 12.1 Å². The molecule has 1 aliphatic heterocycles. The summed E-state index contributed by atoms with van der Waals surface area (Å²) in [5.74, 6) is -0.159. The van der Waals surface area contributed by atoms with Crippen molar-refractivity contribution in [3.8, 4) is 0 Å². The number of carbonyl (C=O) groups excluding carboxylic acids is 1. The average molecular weight is 340 g/mol. The molecule has 0 unspecified atom stereocenters. The number of rotatable bonds is 3. The normalized spacial score (nSPS) is 26.4. The first-order chi connectivity index (χ1) is 12.2. The highest BCUT2D eigenvalue weighted by molar-refractivity contribution is 5.91. The summed E-state index contributed by atoms with van der Waals surface area (Å²) < 4.78 is 1.91. The zero-order valence-corrected chi connectivity index (χ0v) is 14.4. The molecule has 4 rings (SSSR count). The molecule has 2 aromatic rings. The SMILES string of the molecule is CNC(=O)c1ccn([C@@H]2CCCN([C@H]3Cc4ccccc4[C@@H]3O)C2)n1. The molecule has 1 aliphatic carbocycles. The third-order valence-corrected chi connectivity index (χ3v) is 5.51. The van der Waals surface area contributed by atoms with Gasteiger partial charge >= 0.3 is 0 Å². The monoisotopic (exact) mass is 340 g/mol. The van der Waals surface area contributed by atoms with Crippen LogP contribution < -0.4 is 5.32 Å². The molecule has 132 valence electrons.